The fraction of sp³-hybridized carbons (Fsp3) is 0.300. The normalized spacial score (nSPS) is 22.7. The van der Waals surface area contributed by atoms with Gasteiger partial charge in [-0.15, -0.1) is 0 Å². The molecule has 1 atom stereocenters. The van der Waals surface area contributed by atoms with Crippen LogP contribution in [-0.2, 0) is 5.41 Å². The Morgan fingerprint density at radius 1 is 0.952 bits per heavy atom. The third-order valence-corrected chi connectivity index (χ3v) is 4.89. The van der Waals surface area contributed by atoms with Crippen molar-refractivity contribution in [3.8, 4) is 0 Å². The van der Waals surface area contributed by atoms with E-state index in [4.69, 9.17) is 0 Å². The van der Waals surface area contributed by atoms with Gasteiger partial charge in [-0.25, -0.2) is 0 Å². The summed E-state index contributed by atoms with van der Waals surface area (Å²) in [5, 5.41) is 0. The van der Waals surface area contributed by atoms with Crippen molar-refractivity contribution in [3.05, 3.63) is 83.6 Å². The van der Waals surface area contributed by atoms with Crippen molar-refractivity contribution >= 4 is 0 Å². The quantitative estimate of drug-likeness (QED) is 0.775. The van der Waals surface area contributed by atoms with E-state index in [2.05, 4.69) is 92.5 Å². The molecule has 21 heavy (non-hydrogen) atoms. The zero-order valence-electron chi connectivity index (χ0n) is 13.1. The largest absolute Gasteiger partial charge is 0.374 e. The van der Waals surface area contributed by atoms with Crippen LogP contribution in [0.2, 0.25) is 0 Å². The predicted molar refractivity (Wildman–Crippen MR) is 89.3 cm³/mol. The molecule has 0 unspecified atom stereocenters. The fourth-order valence-corrected chi connectivity index (χ4v) is 3.82. The van der Waals surface area contributed by atoms with Crippen LogP contribution in [0.4, 0.5) is 0 Å². The SMILES string of the molecule is C/C=C1\N(C)[C@@H](C)CC1(c1ccccc1)c1ccccc1. The van der Waals surface area contributed by atoms with Gasteiger partial charge in [0.05, 0.1) is 5.41 Å². The molecule has 1 heterocycles. The van der Waals surface area contributed by atoms with Gasteiger partial charge in [-0.3, -0.25) is 0 Å². The van der Waals surface area contributed by atoms with Gasteiger partial charge in [-0.2, -0.15) is 0 Å². The van der Waals surface area contributed by atoms with Crippen LogP contribution in [0, 0.1) is 0 Å². The van der Waals surface area contributed by atoms with Crippen LogP contribution in [0.3, 0.4) is 0 Å². The van der Waals surface area contributed by atoms with E-state index >= 15 is 0 Å². The standard InChI is InChI=1S/C20H23N/c1-4-19-20(15-16(2)21(19)3,17-11-7-5-8-12-17)18-13-9-6-10-14-18/h4-14,16H,15H2,1-3H3/b19-4-/t16-/m0/s1. The van der Waals surface area contributed by atoms with Gasteiger partial charge in [0.25, 0.3) is 0 Å². The van der Waals surface area contributed by atoms with Crippen LogP contribution in [-0.4, -0.2) is 18.0 Å². The maximum atomic E-state index is 2.43. The van der Waals surface area contributed by atoms with Crippen LogP contribution < -0.4 is 0 Å². The van der Waals surface area contributed by atoms with Crippen molar-refractivity contribution in [1.82, 2.24) is 4.90 Å². The average Bonchev–Trinajstić information content (AvgIpc) is 2.81. The predicted octanol–water partition coefficient (Wildman–Crippen LogP) is 4.60. The topological polar surface area (TPSA) is 3.24 Å². The van der Waals surface area contributed by atoms with Gasteiger partial charge < -0.3 is 4.90 Å². The Labute approximate surface area is 127 Å². The minimum atomic E-state index is -0.0224. The monoisotopic (exact) mass is 277 g/mol. The summed E-state index contributed by atoms with van der Waals surface area (Å²) in [5.41, 5.74) is 4.17. The van der Waals surface area contributed by atoms with E-state index in [-0.39, 0.29) is 5.41 Å². The second-order valence-electron chi connectivity index (χ2n) is 5.98. The van der Waals surface area contributed by atoms with Gasteiger partial charge in [0.1, 0.15) is 0 Å². The minimum absolute atomic E-state index is 0.0224. The summed E-state index contributed by atoms with van der Waals surface area (Å²) >= 11 is 0. The maximum absolute atomic E-state index is 2.43. The summed E-state index contributed by atoms with van der Waals surface area (Å²) in [4.78, 5) is 2.43. The van der Waals surface area contributed by atoms with E-state index in [9.17, 15) is 0 Å². The van der Waals surface area contributed by atoms with Crippen molar-refractivity contribution in [2.75, 3.05) is 7.05 Å². The molecule has 1 saturated heterocycles. The first-order chi connectivity index (χ1) is 10.2. The number of likely N-dealkylation sites (N-methyl/N-ethyl adjacent to an activating group) is 1. The molecule has 0 aliphatic carbocycles. The molecule has 2 aromatic rings. The molecule has 1 heteroatoms. The van der Waals surface area contributed by atoms with Crippen molar-refractivity contribution < 1.29 is 0 Å². The highest BCUT2D eigenvalue weighted by atomic mass is 15.2. The summed E-state index contributed by atoms with van der Waals surface area (Å²) in [6.07, 6.45) is 3.40. The molecule has 1 aliphatic heterocycles. The molecule has 1 fully saturated rings. The Bertz CT molecular complexity index is 588. The van der Waals surface area contributed by atoms with Crippen LogP contribution in [0.25, 0.3) is 0 Å². The van der Waals surface area contributed by atoms with E-state index in [1.54, 1.807) is 0 Å². The molecular weight excluding hydrogens is 254 g/mol. The lowest BCUT2D eigenvalue weighted by molar-refractivity contribution is 0.375. The lowest BCUT2D eigenvalue weighted by Crippen LogP contribution is -2.29. The number of hydrogen-bond donors (Lipinski definition) is 0. The molecule has 108 valence electrons. The number of hydrogen-bond acceptors (Lipinski definition) is 1. The second-order valence-corrected chi connectivity index (χ2v) is 5.98. The number of likely N-dealkylation sites (tertiary alicyclic amines) is 1. The zero-order chi connectivity index (χ0) is 14.9. The highest BCUT2D eigenvalue weighted by molar-refractivity contribution is 5.50. The molecule has 0 aromatic heterocycles. The third-order valence-electron chi connectivity index (χ3n) is 4.89. The van der Waals surface area contributed by atoms with E-state index in [1.165, 1.54) is 16.8 Å². The molecule has 3 rings (SSSR count). The molecular formula is C20H23N. The third kappa shape index (κ3) is 2.08. The first kappa shape index (κ1) is 13.9. The fourth-order valence-electron chi connectivity index (χ4n) is 3.82. The Kier molecular flexibility index (Phi) is 3.59. The first-order valence-electron chi connectivity index (χ1n) is 7.71. The Balaban J connectivity index is 2.27. The Morgan fingerprint density at radius 2 is 1.43 bits per heavy atom. The molecule has 0 saturated carbocycles. The molecule has 1 nitrogen and oxygen atoms in total. The molecule has 0 bridgehead atoms. The number of nitrogens with zero attached hydrogens (tertiary/aromatic N) is 1. The molecule has 0 amide bonds. The van der Waals surface area contributed by atoms with E-state index in [1.807, 2.05) is 0 Å². The number of allylic oxidation sites excluding steroid dienone is 2. The summed E-state index contributed by atoms with van der Waals surface area (Å²) in [7, 11) is 2.22. The van der Waals surface area contributed by atoms with Crippen molar-refractivity contribution in [2.45, 2.75) is 31.7 Å². The summed E-state index contributed by atoms with van der Waals surface area (Å²) in [5.74, 6) is 0. The highest BCUT2D eigenvalue weighted by Gasteiger charge is 2.47. The van der Waals surface area contributed by atoms with E-state index in [0.717, 1.165) is 6.42 Å². The minimum Gasteiger partial charge on any atom is -0.374 e. The van der Waals surface area contributed by atoms with Crippen molar-refractivity contribution in [1.29, 1.82) is 0 Å². The van der Waals surface area contributed by atoms with E-state index < -0.39 is 0 Å². The molecule has 2 aromatic carbocycles. The van der Waals surface area contributed by atoms with Crippen LogP contribution >= 0.6 is 0 Å². The lowest BCUT2D eigenvalue weighted by atomic mass is 9.71. The van der Waals surface area contributed by atoms with Crippen LogP contribution in [0.1, 0.15) is 31.4 Å². The smallest absolute Gasteiger partial charge is 0.0616 e. The van der Waals surface area contributed by atoms with Gasteiger partial charge >= 0.3 is 0 Å². The van der Waals surface area contributed by atoms with Gasteiger partial charge in [0.15, 0.2) is 0 Å². The zero-order valence-corrected chi connectivity index (χ0v) is 13.1. The van der Waals surface area contributed by atoms with Crippen LogP contribution in [0.15, 0.2) is 72.4 Å². The first-order valence-corrected chi connectivity index (χ1v) is 7.71. The van der Waals surface area contributed by atoms with Gasteiger partial charge in [0.2, 0.25) is 0 Å². The lowest BCUT2D eigenvalue weighted by Gasteiger charge is -2.33. The summed E-state index contributed by atoms with van der Waals surface area (Å²) < 4.78 is 0. The average molecular weight is 277 g/mol. The summed E-state index contributed by atoms with van der Waals surface area (Å²) in [6.45, 7) is 4.47. The highest BCUT2D eigenvalue weighted by Crippen LogP contribution is 2.49. The number of rotatable bonds is 2. The van der Waals surface area contributed by atoms with Gasteiger partial charge in [-0.05, 0) is 31.4 Å². The molecule has 0 N–H and O–H groups in total. The second kappa shape index (κ2) is 5.40. The molecule has 0 radical (unpaired) electrons. The molecule has 0 spiro atoms. The molecule has 1 aliphatic rings. The van der Waals surface area contributed by atoms with E-state index in [0.29, 0.717) is 6.04 Å². The van der Waals surface area contributed by atoms with Crippen LogP contribution in [0.5, 0.6) is 0 Å². The maximum Gasteiger partial charge on any atom is 0.0616 e. The Morgan fingerprint density at radius 3 is 1.86 bits per heavy atom. The van der Waals surface area contributed by atoms with Crippen molar-refractivity contribution in [2.24, 2.45) is 0 Å². The number of benzene rings is 2. The summed E-state index contributed by atoms with van der Waals surface area (Å²) in [6, 6.07) is 22.4. The Hall–Kier alpha value is -2.02. The van der Waals surface area contributed by atoms with Crippen molar-refractivity contribution in [3.63, 3.8) is 0 Å². The van der Waals surface area contributed by atoms with Gasteiger partial charge in [-0.1, -0.05) is 66.7 Å². The van der Waals surface area contributed by atoms with Gasteiger partial charge in [0, 0.05) is 18.8 Å².